The Morgan fingerprint density at radius 1 is 0.756 bits per heavy atom. The minimum atomic E-state index is -4.57. The Morgan fingerprint density at radius 2 is 1.29 bits per heavy atom. The lowest BCUT2D eigenvalue weighted by Gasteiger charge is -2.40. The van der Waals surface area contributed by atoms with Crippen LogP contribution >= 0.6 is 0 Å². The third kappa shape index (κ3) is 17.4. The van der Waals surface area contributed by atoms with Gasteiger partial charge in [-0.05, 0) is 6.42 Å². The standard InChI is InChI=1S/C28H52O12S/c1-3-5-6-7-8-9-10-11-12-13-14-15-16-17-24(30)39-21(18-37-23(29)4-2)19-38-28-27(33)26(32)25(31)22(40-28)20-41(34,35)36/h21-22,25-28,31-33H,3-20H2,1-2H3,(H,34,35,36)/t21-,22-,25-,26+,27-,28-/m1/s1. The predicted molar refractivity (Wildman–Crippen MR) is 150 cm³/mol. The molecule has 1 saturated heterocycles. The summed E-state index contributed by atoms with van der Waals surface area (Å²) >= 11 is 0. The van der Waals surface area contributed by atoms with Gasteiger partial charge in [-0.25, -0.2) is 0 Å². The summed E-state index contributed by atoms with van der Waals surface area (Å²) in [5, 5.41) is 30.2. The molecule has 1 heterocycles. The number of esters is 2. The third-order valence-corrected chi connectivity index (χ3v) is 7.74. The molecule has 1 fully saturated rings. The minimum Gasteiger partial charge on any atom is -0.462 e. The highest BCUT2D eigenvalue weighted by Crippen LogP contribution is 2.23. The fourth-order valence-electron chi connectivity index (χ4n) is 4.54. The van der Waals surface area contributed by atoms with Crippen molar-refractivity contribution in [1.82, 2.24) is 0 Å². The largest absolute Gasteiger partial charge is 0.462 e. The van der Waals surface area contributed by atoms with E-state index in [-0.39, 0.29) is 19.4 Å². The maximum absolute atomic E-state index is 12.4. The van der Waals surface area contributed by atoms with Gasteiger partial charge in [0.2, 0.25) is 0 Å². The molecule has 0 unspecified atom stereocenters. The Labute approximate surface area is 244 Å². The van der Waals surface area contributed by atoms with Gasteiger partial charge in [0, 0.05) is 12.8 Å². The lowest BCUT2D eigenvalue weighted by Crippen LogP contribution is -2.60. The number of aliphatic hydroxyl groups excluding tert-OH is 3. The summed E-state index contributed by atoms with van der Waals surface area (Å²) in [4.78, 5) is 24.0. The van der Waals surface area contributed by atoms with Gasteiger partial charge in [-0.3, -0.25) is 14.1 Å². The molecule has 41 heavy (non-hydrogen) atoms. The van der Waals surface area contributed by atoms with E-state index in [1.54, 1.807) is 6.92 Å². The van der Waals surface area contributed by atoms with Gasteiger partial charge in [-0.1, -0.05) is 90.9 Å². The maximum Gasteiger partial charge on any atom is 0.306 e. The SMILES string of the molecule is CCCCCCCCCCCCCCCC(=O)O[C@H](COC(=O)CC)CO[C@@H]1O[C@H](CS(=O)(=O)O)[C@@H](O)[C@H](O)[C@H]1O. The number of carbonyl (C=O) groups is 2. The molecule has 1 aliphatic heterocycles. The van der Waals surface area contributed by atoms with Crippen LogP contribution in [0.1, 0.15) is 110 Å². The lowest BCUT2D eigenvalue weighted by atomic mass is 10.00. The summed E-state index contributed by atoms with van der Waals surface area (Å²) in [5.41, 5.74) is 0. The molecule has 1 aliphatic rings. The van der Waals surface area contributed by atoms with Crippen LogP contribution in [0.25, 0.3) is 0 Å². The average molecular weight is 613 g/mol. The van der Waals surface area contributed by atoms with Crippen molar-refractivity contribution >= 4 is 22.1 Å². The molecular formula is C28H52O12S. The van der Waals surface area contributed by atoms with Crippen molar-refractivity contribution in [2.45, 2.75) is 147 Å². The molecule has 1 rings (SSSR count). The van der Waals surface area contributed by atoms with E-state index < -0.39 is 71.2 Å². The zero-order chi connectivity index (χ0) is 30.7. The van der Waals surface area contributed by atoms with Crippen molar-refractivity contribution in [3.05, 3.63) is 0 Å². The van der Waals surface area contributed by atoms with Crippen molar-refractivity contribution in [2.24, 2.45) is 0 Å². The van der Waals surface area contributed by atoms with Gasteiger partial charge in [0.05, 0.1) is 6.61 Å². The van der Waals surface area contributed by atoms with Crippen LogP contribution < -0.4 is 0 Å². The number of aliphatic hydroxyl groups is 3. The van der Waals surface area contributed by atoms with Gasteiger partial charge in [-0.15, -0.1) is 0 Å². The van der Waals surface area contributed by atoms with Crippen LogP contribution in [0.2, 0.25) is 0 Å². The Balaban J connectivity index is 2.41. The van der Waals surface area contributed by atoms with E-state index in [1.165, 1.54) is 57.8 Å². The molecule has 0 aromatic rings. The first-order valence-corrected chi connectivity index (χ1v) is 16.7. The molecule has 242 valence electrons. The molecule has 0 spiro atoms. The molecule has 0 radical (unpaired) electrons. The summed E-state index contributed by atoms with van der Waals surface area (Å²) < 4.78 is 52.6. The molecule has 0 bridgehead atoms. The Hall–Kier alpha value is -1.35. The molecule has 0 aromatic heterocycles. The van der Waals surface area contributed by atoms with E-state index in [9.17, 15) is 33.3 Å². The first-order chi connectivity index (χ1) is 19.5. The van der Waals surface area contributed by atoms with Crippen LogP contribution in [0.3, 0.4) is 0 Å². The molecule has 0 aromatic carbocycles. The third-order valence-electron chi connectivity index (χ3n) is 6.99. The lowest BCUT2D eigenvalue weighted by molar-refractivity contribution is -0.297. The molecule has 4 N–H and O–H groups in total. The Bertz CT molecular complexity index is 821. The van der Waals surface area contributed by atoms with E-state index in [2.05, 4.69) is 6.92 Å². The zero-order valence-corrected chi connectivity index (χ0v) is 25.5. The van der Waals surface area contributed by atoms with Gasteiger partial charge in [0.1, 0.15) is 36.8 Å². The van der Waals surface area contributed by atoms with E-state index in [1.807, 2.05) is 0 Å². The van der Waals surface area contributed by atoms with Crippen LogP contribution in [0.5, 0.6) is 0 Å². The molecule has 0 amide bonds. The molecule has 0 saturated carbocycles. The molecule has 13 heteroatoms. The van der Waals surface area contributed by atoms with Crippen molar-refractivity contribution < 1.29 is 56.8 Å². The summed E-state index contributed by atoms with van der Waals surface area (Å²) in [7, 11) is -4.57. The number of unbranched alkanes of at least 4 members (excludes halogenated alkanes) is 12. The van der Waals surface area contributed by atoms with E-state index in [0.717, 1.165) is 19.3 Å². The second-order valence-corrected chi connectivity index (χ2v) is 12.2. The van der Waals surface area contributed by atoms with Crippen LogP contribution in [-0.2, 0) is 38.7 Å². The normalized spacial score (nSPS) is 23.7. The smallest absolute Gasteiger partial charge is 0.306 e. The van der Waals surface area contributed by atoms with E-state index in [0.29, 0.717) is 6.42 Å². The van der Waals surface area contributed by atoms with Crippen molar-refractivity contribution in [3.8, 4) is 0 Å². The first kappa shape index (κ1) is 37.7. The average Bonchev–Trinajstić information content (AvgIpc) is 2.92. The summed E-state index contributed by atoms with van der Waals surface area (Å²) in [5.74, 6) is -2.08. The second kappa shape index (κ2) is 21.4. The van der Waals surface area contributed by atoms with Crippen molar-refractivity contribution in [3.63, 3.8) is 0 Å². The van der Waals surface area contributed by atoms with Crippen LogP contribution in [0.15, 0.2) is 0 Å². The summed E-state index contributed by atoms with van der Waals surface area (Å²) in [6.07, 6.45) is 5.90. The van der Waals surface area contributed by atoms with Gasteiger partial charge >= 0.3 is 11.9 Å². The van der Waals surface area contributed by atoms with Gasteiger partial charge in [-0.2, -0.15) is 8.42 Å². The molecular weight excluding hydrogens is 560 g/mol. The number of rotatable bonds is 23. The van der Waals surface area contributed by atoms with Crippen LogP contribution in [0, 0.1) is 0 Å². The fourth-order valence-corrected chi connectivity index (χ4v) is 5.23. The van der Waals surface area contributed by atoms with Crippen molar-refractivity contribution in [1.29, 1.82) is 0 Å². The summed E-state index contributed by atoms with van der Waals surface area (Å²) in [6.45, 7) is 3.09. The Morgan fingerprint density at radius 3 is 1.80 bits per heavy atom. The highest BCUT2D eigenvalue weighted by atomic mass is 32.2. The Kier molecular flexibility index (Phi) is 19.6. The minimum absolute atomic E-state index is 0.103. The van der Waals surface area contributed by atoms with Gasteiger partial charge in [0.25, 0.3) is 10.1 Å². The zero-order valence-electron chi connectivity index (χ0n) is 24.7. The molecule has 12 nitrogen and oxygen atoms in total. The predicted octanol–water partition coefficient (Wildman–Crippen LogP) is 3.04. The molecule has 0 aliphatic carbocycles. The fraction of sp³-hybridized carbons (Fsp3) is 0.929. The quantitative estimate of drug-likeness (QED) is 0.0752. The highest BCUT2D eigenvalue weighted by molar-refractivity contribution is 7.85. The van der Waals surface area contributed by atoms with Crippen LogP contribution in [0.4, 0.5) is 0 Å². The topological polar surface area (TPSA) is 186 Å². The van der Waals surface area contributed by atoms with E-state index in [4.69, 9.17) is 23.5 Å². The van der Waals surface area contributed by atoms with E-state index >= 15 is 0 Å². The number of hydrogen-bond donors (Lipinski definition) is 4. The highest BCUT2D eigenvalue weighted by Gasteiger charge is 2.46. The monoisotopic (exact) mass is 612 g/mol. The number of ether oxygens (including phenoxy) is 4. The summed E-state index contributed by atoms with van der Waals surface area (Å²) in [6, 6.07) is 0. The first-order valence-electron chi connectivity index (χ1n) is 15.1. The molecule has 6 atom stereocenters. The van der Waals surface area contributed by atoms with Gasteiger partial charge < -0.3 is 34.3 Å². The number of hydrogen-bond acceptors (Lipinski definition) is 11. The van der Waals surface area contributed by atoms with Crippen LogP contribution in [-0.4, -0.2) is 96.0 Å². The van der Waals surface area contributed by atoms with Crippen molar-refractivity contribution in [2.75, 3.05) is 19.0 Å². The number of carbonyl (C=O) groups excluding carboxylic acids is 2. The maximum atomic E-state index is 12.4. The van der Waals surface area contributed by atoms with Gasteiger partial charge in [0.15, 0.2) is 12.4 Å². The second-order valence-electron chi connectivity index (χ2n) is 10.7.